The highest BCUT2D eigenvalue weighted by Gasteiger charge is 2.18. The van der Waals surface area contributed by atoms with Crippen LogP contribution in [0.3, 0.4) is 0 Å². The summed E-state index contributed by atoms with van der Waals surface area (Å²) >= 11 is 1.53. The first-order valence-electron chi connectivity index (χ1n) is 6.95. The van der Waals surface area contributed by atoms with Gasteiger partial charge in [-0.15, -0.1) is 11.3 Å². The lowest BCUT2D eigenvalue weighted by molar-refractivity contribution is 0.0695. The Morgan fingerprint density at radius 1 is 1.45 bits per heavy atom. The van der Waals surface area contributed by atoms with Crippen molar-refractivity contribution in [2.45, 2.75) is 19.4 Å². The summed E-state index contributed by atoms with van der Waals surface area (Å²) in [6.07, 6.45) is 3.60. The number of hydrogen-bond acceptors (Lipinski definition) is 4. The van der Waals surface area contributed by atoms with Gasteiger partial charge in [0, 0.05) is 35.4 Å². The van der Waals surface area contributed by atoms with Gasteiger partial charge in [0.15, 0.2) is 0 Å². The molecule has 0 radical (unpaired) electrons. The number of nitrogens with one attached hydrogen (secondary N) is 2. The Bertz CT molecular complexity index is 801. The first-order valence-corrected chi connectivity index (χ1v) is 7.82. The molecule has 6 heteroatoms. The number of aliphatic hydroxyl groups is 1. The van der Waals surface area contributed by atoms with Crippen LogP contribution >= 0.6 is 11.3 Å². The molecule has 0 aliphatic carbocycles. The van der Waals surface area contributed by atoms with Gasteiger partial charge >= 0.3 is 0 Å². The molecule has 2 heterocycles. The van der Waals surface area contributed by atoms with Gasteiger partial charge in [-0.3, -0.25) is 9.78 Å². The standard InChI is InChI=1S/C16H17N3O2S/c1-16(2,21)8-19-15(20)12-5-10(14-7-17-9-22-14)6-13-11(12)3-4-18-13/h3-7,9,18,21H,8H2,1-2H3,(H,19,20). The number of carbonyl (C=O) groups is 1. The Balaban J connectivity index is 2.00. The van der Waals surface area contributed by atoms with E-state index in [4.69, 9.17) is 0 Å². The van der Waals surface area contributed by atoms with Gasteiger partial charge in [0.1, 0.15) is 0 Å². The number of amides is 1. The molecule has 0 spiro atoms. The fourth-order valence-electron chi connectivity index (χ4n) is 2.25. The van der Waals surface area contributed by atoms with Crippen molar-refractivity contribution in [1.29, 1.82) is 0 Å². The van der Waals surface area contributed by atoms with Crippen LogP contribution in [-0.4, -0.2) is 33.1 Å². The number of rotatable bonds is 4. The highest BCUT2D eigenvalue weighted by Crippen LogP contribution is 2.29. The summed E-state index contributed by atoms with van der Waals surface area (Å²) < 4.78 is 0. The van der Waals surface area contributed by atoms with Crippen LogP contribution in [-0.2, 0) is 0 Å². The summed E-state index contributed by atoms with van der Waals surface area (Å²) in [7, 11) is 0. The lowest BCUT2D eigenvalue weighted by Gasteiger charge is -2.18. The van der Waals surface area contributed by atoms with E-state index in [1.165, 1.54) is 11.3 Å². The van der Waals surface area contributed by atoms with Gasteiger partial charge in [-0.2, -0.15) is 0 Å². The van der Waals surface area contributed by atoms with Gasteiger partial charge < -0.3 is 15.4 Å². The smallest absolute Gasteiger partial charge is 0.252 e. The van der Waals surface area contributed by atoms with E-state index in [1.54, 1.807) is 25.6 Å². The molecule has 3 N–H and O–H groups in total. The molecule has 1 amide bonds. The Hall–Kier alpha value is -2.18. The number of hydrogen-bond donors (Lipinski definition) is 3. The zero-order valence-electron chi connectivity index (χ0n) is 12.4. The molecule has 0 saturated heterocycles. The minimum absolute atomic E-state index is 0.196. The molecule has 5 nitrogen and oxygen atoms in total. The first-order chi connectivity index (χ1) is 10.4. The molecular formula is C16H17N3O2S. The van der Waals surface area contributed by atoms with Crippen LogP contribution in [0.5, 0.6) is 0 Å². The molecule has 1 aromatic carbocycles. The fraction of sp³-hybridized carbons (Fsp3) is 0.250. The van der Waals surface area contributed by atoms with E-state index >= 15 is 0 Å². The molecule has 0 saturated carbocycles. The lowest BCUT2D eigenvalue weighted by atomic mass is 10.0. The lowest BCUT2D eigenvalue weighted by Crippen LogP contribution is -2.38. The number of carbonyl (C=O) groups excluding carboxylic acids is 1. The van der Waals surface area contributed by atoms with Crippen LogP contribution in [0.25, 0.3) is 21.3 Å². The van der Waals surface area contributed by atoms with Crippen LogP contribution < -0.4 is 5.32 Å². The van der Waals surface area contributed by atoms with E-state index < -0.39 is 5.60 Å². The Morgan fingerprint density at radius 3 is 2.95 bits per heavy atom. The monoisotopic (exact) mass is 315 g/mol. The van der Waals surface area contributed by atoms with Crippen molar-refractivity contribution >= 4 is 28.1 Å². The van der Waals surface area contributed by atoms with Crippen molar-refractivity contribution in [2.75, 3.05) is 6.54 Å². The Labute approximate surface area is 132 Å². The zero-order valence-corrected chi connectivity index (χ0v) is 13.2. The van der Waals surface area contributed by atoms with Gasteiger partial charge in [0.05, 0.1) is 16.0 Å². The van der Waals surface area contributed by atoms with Crippen LogP contribution in [0.1, 0.15) is 24.2 Å². The average molecular weight is 315 g/mol. The molecular weight excluding hydrogens is 298 g/mol. The maximum Gasteiger partial charge on any atom is 0.252 e. The maximum absolute atomic E-state index is 12.5. The van der Waals surface area contributed by atoms with Crippen LogP contribution in [0.4, 0.5) is 0 Å². The number of aromatic nitrogens is 2. The summed E-state index contributed by atoms with van der Waals surface area (Å²) in [5.74, 6) is -0.196. The highest BCUT2D eigenvalue weighted by atomic mass is 32.1. The molecule has 0 aliphatic heterocycles. The van der Waals surface area contributed by atoms with Crippen molar-refractivity contribution in [2.24, 2.45) is 0 Å². The van der Waals surface area contributed by atoms with E-state index in [1.807, 2.05) is 24.4 Å². The molecule has 0 aliphatic rings. The van der Waals surface area contributed by atoms with Gasteiger partial charge in [-0.25, -0.2) is 0 Å². The summed E-state index contributed by atoms with van der Waals surface area (Å²) in [4.78, 5) is 20.7. The number of nitrogens with zero attached hydrogens (tertiary/aromatic N) is 1. The zero-order chi connectivity index (χ0) is 15.7. The second-order valence-corrected chi connectivity index (χ2v) is 6.71. The van der Waals surface area contributed by atoms with Crippen LogP contribution in [0, 0.1) is 0 Å². The van der Waals surface area contributed by atoms with Crippen LogP contribution in [0.2, 0.25) is 0 Å². The van der Waals surface area contributed by atoms with E-state index in [9.17, 15) is 9.90 Å². The largest absolute Gasteiger partial charge is 0.389 e. The predicted molar refractivity (Wildman–Crippen MR) is 88.0 cm³/mol. The summed E-state index contributed by atoms with van der Waals surface area (Å²) in [5.41, 5.74) is 3.27. The van der Waals surface area contributed by atoms with Gasteiger partial charge in [0.25, 0.3) is 5.91 Å². The van der Waals surface area contributed by atoms with E-state index in [2.05, 4.69) is 15.3 Å². The number of fused-ring (bicyclic) bond motifs is 1. The quantitative estimate of drug-likeness (QED) is 0.693. The highest BCUT2D eigenvalue weighted by molar-refractivity contribution is 7.13. The summed E-state index contributed by atoms with van der Waals surface area (Å²) in [5, 5.41) is 13.4. The number of benzene rings is 1. The topological polar surface area (TPSA) is 78.0 Å². The van der Waals surface area contributed by atoms with Gasteiger partial charge in [0.2, 0.25) is 0 Å². The molecule has 0 fully saturated rings. The van der Waals surface area contributed by atoms with Gasteiger partial charge in [-0.05, 0) is 37.6 Å². The molecule has 114 valence electrons. The third-order valence-corrected chi connectivity index (χ3v) is 4.13. The molecule has 0 unspecified atom stereocenters. The SMILES string of the molecule is CC(C)(O)CNC(=O)c1cc(-c2cncs2)cc2[nH]ccc12. The average Bonchev–Trinajstić information content (AvgIpc) is 3.13. The molecule has 2 aromatic heterocycles. The maximum atomic E-state index is 12.5. The van der Waals surface area contributed by atoms with Crippen molar-refractivity contribution in [3.8, 4) is 10.4 Å². The second kappa shape index (κ2) is 5.55. The second-order valence-electron chi connectivity index (χ2n) is 5.82. The van der Waals surface area contributed by atoms with Crippen LogP contribution in [0.15, 0.2) is 36.1 Å². The van der Waals surface area contributed by atoms with Gasteiger partial charge in [-0.1, -0.05) is 0 Å². The first kappa shape index (κ1) is 14.7. The predicted octanol–water partition coefficient (Wildman–Crippen LogP) is 2.79. The minimum atomic E-state index is -0.942. The van der Waals surface area contributed by atoms with Crippen molar-refractivity contribution in [1.82, 2.24) is 15.3 Å². The summed E-state index contributed by atoms with van der Waals surface area (Å²) in [6, 6.07) is 5.75. The minimum Gasteiger partial charge on any atom is -0.389 e. The van der Waals surface area contributed by atoms with E-state index in [-0.39, 0.29) is 12.5 Å². The Kier molecular flexibility index (Phi) is 3.72. The number of H-pyrrole nitrogens is 1. The van der Waals surface area contributed by atoms with Crippen molar-refractivity contribution in [3.63, 3.8) is 0 Å². The van der Waals surface area contributed by atoms with E-state index in [0.29, 0.717) is 5.56 Å². The molecule has 0 atom stereocenters. The Morgan fingerprint density at radius 2 is 2.27 bits per heavy atom. The fourth-order valence-corrected chi connectivity index (χ4v) is 2.86. The third kappa shape index (κ3) is 3.03. The van der Waals surface area contributed by atoms with Crippen molar-refractivity contribution in [3.05, 3.63) is 41.7 Å². The molecule has 22 heavy (non-hydrogen) atoms. The molecule has 3 aromatic rings. The third-order valence-electron chi connectivity index (χ3n) is 3.31. The van der Waals surface area contributed by atoms with Crippen molar-refractivity contribution < 1.29 is 9.90 Å². The normalized spacial score (nSPS) is 11.8. The molecule has 0 bridgehead atoms. The number of thiazole rings is 1. The van der Waals surface area contributed by atoms with E-state index in [0.717, 1.165) is 21.3 Å². The number of aromatic amines is 1. The molecule has 3 rings (SSSR count). The summed E-state index contributed by atoms with van der Waals surface area (Å²) in [6.45, 7) is 3.52.